The van der Waals surface area contributed by atoms with Crippen molar-refractivity contribution < 1.29 is 19.3 Å². The summed E-state index contributed by atoms with van der Waals surface area (Å²) in [5.41, 5.74) is 0. The van der Waals surface area contributed by atoms with Crippen molar-refractivity contribution in [1.29, 1.82) is 0 Å². The quantitative estimate of drug-likeness (QED) is 0.798. The molecule has 1 aromatic rings. The molecular formula is C19H30ClNO4. The molecule has 142 valence electrons. The van der Waals surface area contributed by atoms with Crippen molar-refractivity contribution >= 4 is 12.4 Å². The van der Waals surface area contributed by atoms with Gasteiger partial charge in [0.25, 0.3) is 0 Å². The van der Waals surface area contributed by atoms with Gasteiger partial charge in [-0.1, -0.05) is 31.4 Å². The average Bonchev–Trinajstić information content (AvgIpc) is 2.62. The average molecular weight is 372 g/mol. The summed E-state index contributed by atoms with van der Waals surface area (Å²) in [7, 11) is 2.11. The first-order chi connectivity index (χ1) is 11.7. The van der Waals surface area contributed by atoms with Crippen molar-refractivity contribution in [2.75, 3.05) is 33.4 Å². The summed E-state index contributed by atoms with van der Waals surface area (Å²) in [5.74, 6) is 1.54. The second-order valence-corrected chi connectivity index (χ2v) is 6.92. The van der Waals surface area contributed by atoms with Gasteiger partial charge in [-0.3, -0.25) is 0 Å². The molecule has 2 unspecified atom stereocenters. The van der Waals surface area contributed by atoms with Crippen molar-refractivity contribution in [2.24, 2.45) is 0 Å². The Balaban J connectivity index is 0.00000225. The lowest BCUT2D eigenvalue weighted by Crippen LogP contribution is -2.41. The Labute approximate surface area is 156 Å². The Morgan fingerprint density at radius 1 is 1.20 bits per heavy atom. The minimum absolute atomic E-state index is 0. The van der Waals surface area contributed by atoms with Crippen LogP contribution in [0.5, 0.6) is 11.5 Å². The summed E-state index contributed by atoms with van der Waals surface area (Å²) < 4.78 is 17.2. The van der Waals surface area contributed by atoms with E-state index in [1.807, 2.05) is 24.3 Å². The van der Waals surface area contributed by atoms with Gasteiger partial charge in [0.05, 0.1) is 19.3 Å². The number of halogens is 1. The molecule has 1 aliphatic carbocycles. The largest absolute Gasteiger partial charge is 0.486 e. The Bertz CT molecular complexity index is 510. The Morgan fingerprint density at radius 3 is 2.68 bits per heavy atom. The molecule has 2 aliphatic rings. The van der Waals surface area contributed by atoms with E-state index >= 15 is 0 Å². The number of benzene rings is 1. The zero-order chi connectivity index (χ0) is 16.8. The predicted octanol–water partition coefficient (Wildman–Crippen LogP) is 2.89. The van der Waals surface area contributed by atoms with E-state index in [0.717, 1.165) is 11.5 Å². The van der Waals surface area contributed by atoms with E-state index in [0.29, 0.717) is 32.4 Å². The highest BCUT2D eigenvalue weighted by molar-refractivity contribution is 5.85. The second kappa shape index (κ2) is 10.2. The number of likely N-dealkylation sites (N-methyl/N-ethyl adjacent to an activating group) is 1. The molecule has 1 fully saturated rings. The maximum absolute atomic E-state index is 10.2. The van der Waals surface area contributed by atoms with Crippen LogP contribution in [0.2, 0.25) is 0 Å². The first kappa shape index (κ1) is 20.3. The van der Waals surface area contributed by atoms with Gasteiger partial charge in [-0.25, -0.2) is 0 Å². The zero-order valence-electron chi connectivity index (χ0n) is 14.9. The fourth-order valence-corrected chi connectivity index (χ4v) is 3.54. The number of hydrogen-bond acceptors (Lipinski definition) is 5. The lowest BCUT2D eigenvalue weighted by molar-refractivity contribution is -0.0308. The molecule has 6 heteroatoms. The van der Waals surface area contributed by atoms with Gasteiger partial charge in [0.15, 0.2) is 17.6 Å². The van der Waals surface area contributed by atoms with E-state index < -0.39 is 6.10 Å². The smallest absolute Gasteiger partial charge is 0.161 e. The molecule has 0 spiro atoms. The summed E-state index contributed by atoms with van der Waals surface area (Å²) in [5, 5.41) is 10.2. The summed E-state index contributed by atoms with van der Waals surface area (Å²) in [6.07, 6.45) is 5.87. The summed E-state index contributed by atoms with van der Waals surface area (Å²) in [4.78, 5) is 2.28. The van der Waals surface area contributed by atoms with Crippen LogP contribution in [0, 0.1) is 0 Å². The molecule has 2 atom stereocenters. The van der Waals surface area contributed by atoms with Crippen LogP contribution in [-0.2, 0) is 4.74 Å². The van der Waals surface area contributed by atoms with Gasteiger partial charge in [-0.2, -0.15) is 0 Å². The minimum Gasteiger partial charge on any atom is -0.486 e. The molecular weight excluding hydrogens is 342 g/mol. The number of nitrogens with zero attached hydrogens (tertiary/aromatic N) is 1. The molecule has 0 saturated heterocycles. The maximum Gasteiger partial charge on any atom is 0.161 e. The van der Waals surface area contributed by atoms with E-state index in [2.05, 4.69) is 11.9 Å². The van der Waals surface area contributed by atoms with Crippen LogP contribution in [0.25, 0.3) is 0 Å². The van der Waals surface area contributed by atoms with Gasteiger partial charge in [-0.15, -0.1) is 12.4 Å². The van der Waals surface area contributed by atoms with Gasteiger partial charge in [-0.05, 0) is 32.0 Å². The van der Waals surface area contributed by atoms with Crippen molar-refractivity contribution in [3.05, 3.63) is 24.3 Å². The van der Waals surface area contributed by atoms with Crippen LogP contribution in [0.1, 0.15) is 32.1 Å². The second-order valence-electron chi connectivity index (χ2n) is 6.92. The molecule has 25 heavy (non-hydrogen) atoms. The molecule has 0 amide bonds. The summed E-state index contributed by atoms with van der Waals surface area (Å²) >= 11 is 0. The van der Waals surface area contributed by atoms with Crippen molar-refractivity contribution in [1.82, 2.24) is 4.90 Å². The molecule has 1 aromatic carbocycles. The third kappa shape index (κ3) is 6.03. The van der Waals surface area contributed by atoms with Crippen LogP contribution in [0.3, 0.4) is 0 Å². The number of aliphatic hydroxyl groups excluding tert-OH is 1. The summed E-state index contributed by atoms with van der Waals surface area (Å²) in [6.45, 7) is 1.90. The van der Waals surface area contributed by atoms with Crippen molar-refractivity contribution in [3.63, 3.8) is 0 Å². The van der Waals surface area contributed by atoms with E-state index in [1.165, 1.54) is 32.1 Å². The molecule has 1 heterocycles. The highest BCUT2D eigenvalue weighted by Gasteiger charge is 2.22. The van der Waals surface area contributed by atoms with Crippen molar-refractivity contribution in [3.8, 4) is 11.5 Å². The first-order valence-corrected chi connectivity index (χ1v) is 9.07. The molecule has 1 aliphatic heterocycles. The Kier molecular flexibility index (Phi) is 8.30. The number of hydrogen-bond donors (Lipinski definition) is 1. The van der Waals surface area contributed by atoms with Gasteiger partial charge < -0.3 is 24.2 Å². The summed E-state index contributed by atoms with van der Waals surface area (Å²) in [6, 6.07) is 8.27. The topological polar surface area (TPSA) is 51.2 Å². The molecule has 0 radical (unpaired) electrons. The Morgan fingerprint density at radius 2 is 1.92 bits per heavy atom. The highest BCUT2D eigenvalue weighted by Crippen LogP contribution is 2.30. The van der Waals surface area contributed by atoms with E-state index in [4.69, 9.17) is 14.2 Å². The molecule has 1 saturated carbocycles. The fraction of sp³-hybridized carbons (Fsp3) is 0.684. The van der Waals surface area contributed by atoms with Crippen LogP contribution < -0.4 is 9.47 Å². The van der Waals surface area contributed by atoms with E-state index in [-0.39, 0.29) is 18.5 Å². The van der Waals surface area contributed by atoms with Crippen LogP contribution in [-0.4, -0.2) is 61.7 Å². The number of aliphatic hydroxyl groups is 1. The standard InChI is InChI=1S/C19H29NO4.ClH/c1-20(15-7-3-2-4-8-15)11-16(21)12-22-13-17-14-23-18-9-5-6-10-19(18)24-17;/h5-6,9-10,15-17,21H,2-4,7-8,11-14H2,1H3;1H. The van der Waals surface area contributed by atoms with Crippen molar-refractivity contribution in [2.45, 2.75) is 50.4 Å². The monoisotopic (exact) mass is 371 g/mol. The molecule has 0 bridgehead atoms. The molecule has 5 nitrogen and oxygen atoms in total. The van der Waals surface area contributed by atoms with Crippen LogP contribution >= 0.6 is 12.4 Å². The fourth-order valence-electron chi connectivity index (χ4n) is 3.54. The third-order valence-corrected chi connectivity index (χ3v) is 4.88. The Hall–Kier alpha value is -1.01. The van der Waals surface area contributed by atoms with Crippen LogP contribution in [0.4, 0.5) is 0 Å². The highest BCUT2D eigenvalue weighted by atomic mass is 35.5. The first-order valence-electron chi connectivity index (χ1n) is 9.07. The molecule has 0 aromatic heterocycles. The van der Waals surface area contributed by atoms with Gasteiger partial charge >= 0.3 is 0 Å². The van der Waals surface area contributed by atoms with E-state index in [1.54, 1.807) is 0 Å². The minimum atomic E-state index is -0.464. The van der Waals surface area contributed by atoms with Gasteiger partial charge in [0.2, 0.25) is 0 Å². The number of para-hydroxylation sites is 2. The normalized spacial score (nSPS) is 21.6. The third-order valence-electron chi connectivity index (χ3n) is 4.88. The SMILES string of the molecule is CN(CC(O)COCC1COc2ccccc2O1)C1CCCCC1.Cl. The number of ether oxygens (including phenoxy) is 3. The zero-order valence-corrected chi connectivity index (χ0v) is 15.7. The van der Waals surface area contributed by atoms with Crippen LogP contribution in [0.15, 0.2) is 24.3 Å². The number of rotatable bonds is 7. The lowest BCUT2D eigenvalue weighted by atomic mass is 9.94. The van der Waals surface area contributed by atoms with E-state index in [9.17, 15) is 5.11 Å². The lowest BCUT2D eigenvalue weighted by Gasteiger charge is -2.32. The predicted molar refractivity (Wildman–Crippen MR) is 99.9 cm³/mol. The molecule has 1 N–H and O–H groups in total. The van der Waals surface area contributed by atoms with Gasteiger partial charge in [0, 0.05) is 12.6 Å². The molecule has 3 rings (SSSR count). The number of fused-ring (bicyclic) bond motifs is 1. The maximum atomic E-state index is 10.2. The van der Waals surface area contributed by atoms with Gasteiger partial charge in [0.1, 0.15) is 6.61 Å².